The summed E-state index contributed by atoms with van der Waals surface area (Å²) in [5.74, 6) is 0.580. The molecule has 0 spiro atoms. The van der Waals surface area contributed by atoms with Gasteiger partial charge in [0.15, 0.2) is 5.96 Å². The summed E-state index contributed by atoms with van der Waals surface area (Å²) in [5, 5.41) is 11.1. The number of nitrogens with zero attached hydrogens (tertiary/aromatic N) is 3. The minimum Gasteiger partial charge on any atom is -0.356 e. The van der Waals surface area contributed by atoms with Gasteiger partial charge in [0, 0.05) is 37.9 Å². The smallest absolute Gasteiger partial charge is 0.191 e. The minimum atomic E-state index is -0.175. The zero-order valence-electron chi connectivity index (χ0n) is 17.0. The third-order valence-electron chi connectivity index (χ3n) is 5.46. The van der Waals surface area contributed by atoms with E-state index in [1.807, 2.05) is 23.0 Å². The number of guanidine groups is 1. The Balaban J connectivity index is 0.00000256. The highest BCUT2D eigenvalue weighted by molar-refractivity contribution is 14.0. The van der Waals surface area contributed by atoms with Crippen molar-refractivity contribution in [2.45, 2.75) is 31.3 Å². The second-order valence-electron chi connectivity index (χ2n) is 7.59. The molecule has 1 aliphatic rings. The molecule has 0 aliphatic heterocycles. The largest absolute Gasteiger partial charge is 0.356 e. The van der Waals surface area contributed by atoms with E-state index in [4.69, 9.17) is 0 Å². The molecule has 0 saturated heterocycles. The Hall–Kier alpha value is -2.42. The van der Waals surface area contributed by atoms with Gasteiger partial charge in [-0.2, -0.15) is 5.10 Å². The van der Waals surface area contributed by atoms with E-state index in [1.165, 1.54) is 17.2 Å². The maximum Gasteiger partial charge on any atom is 0.191 e. The normalized spacial score (nSPS) is 14.7. The van der Waals surface area contributed by atoms with Crippen LogP contribution in [0.2, 0.25) is 0 Å². The van der Waals surface area contributed by atoms with Crippen molar-refractivity contribution < 1.29 is 4.39 Å². The Morgan fingerprint density at radius 2 is 1.90 bits per heavy atom. The quantitative estimate of drug-likeness (QED) is 0.281. The van der Waals surface area contributed by atoms with Crippen LogP contribution in [0.5, 0.6) is 0 Å². The lowest BCUT2D eigenvalue weighted by Gasteiger charge is -2.19. The second-order valence-corrected chi connectivity index (χ2v) is 7.59. The molecule has 2 N–H and O–H groups in total. The molecule has 0 unspecified atom stereocenters. The maximum absolute atomic E-state index is 13.6. The van der Waals surface area contributed by atoms with E-state index < -0.39 is 0 Å². The molecule has 1 saturated carbocycles. The number of hydrogen-bond donors (Lipinski definition) is 2. The van der Waals surface area contributed by atoms with Crippen LogP contribution in [0, 0.1) is 5.82 Å². The fourth-order valence-corrected chi connectivity index (χ4v) is 3.62. The number of halogens is 2. The fourth-order valence-electron chi connectivity index (χ4n) is 3.62. The third kappa shape index (κ3) is 5.59. The van der Waals surface area contributed by atoms with Crippen molar-refractivity contribution in [1.29, 1.82) is 0 Å². The Labute approximate surface area is 193 Å². The van der Waals surface area contributed by atoms with Crippen LogP contribution >= 0.6 is 24.0 Å². The first-order valence-corrected chi connectivity index (χ1v) is 9.93. The lowest BCUT2D eigenvalue weighted by molar-refractivity contribution is 0.607. The highest BCUT2D eigenvalue weighted by Gasteiger charge is 2.44. The summed E-state index contributed by atoms with van der Waals surface area (Å²) in [7, 11) is 1.77. The van der Waals surface area contributed by atoms with Gasteiger partial charge in [0.25, 0.3) is 0 Å². The van der Waals surface area contributed by atoms with Crippen LogP contribution in [0.25, 0.3) is 0 Å². The van der Waals surface area contributed by atoms with E-state index in [9.17, 15) is 4.39 Å². The standard InChI is InChI=1S/C23H26FN5.HI/c1-25-22(27-17-23(9-10-23)20-7-3-8-21(24)14-20)26-15-18-5-2-6-19(13-18)16-29-12-4-11-28-29;/h2-8,11-14H,9-10,15-17H2,1H3,(H2,25,26,27);1H. The van der Waals surface area contributed by atoms with Crippen molar-refractivity contribution in [2.75, 3.05) is 13.6 Å². The van der Waals surface area contributed by atoms with Gasteiger partial charge in [0.2, 0.25) is 0 Å². The van der Waals surface area contributed by atoms with Crippen molar-refractivity contribution in [1.82, 2.24) is 20.4 Å². The number of nitrogens with one attached hydrogen (secondary N) is 2. The summed E-state index contributed by atoms with van der Waals surface area (Å²) in [6.45, 7) is 2.18. The molecule has 1 fully saturated rings. The Bertz CT molecular complexity index is 983. The maximum atomic E-state index is 13.6. The summed E-state index contributed by atoms with van der Waals surface area (Å²) in [6, 6.07) is 17.3. The molecule has 0 atom stereocenters. The lowest BCUT2D eigenvalue weighted by atomic mass is 9.96. The van der Waals surface area contributed by atoms with Crippen LogP contribution in [0.15, 0.2) is 72.0 Å². The topological polar surface area (TPSA) is 54.2 Å². The number of benzene rings is 2. The molecular formula is C23H27FIN5. The molecule has 0 amide bonds. The molecule has 5 nitrogen and oxygen atoms in total. The summed E-state index contributed by atoms with van der Waals surface area (Å²) in [5.41, 5.74) is 3.47. The first-order valence-electron chi connectivity index (χ1n) is 9.93. The molecule has 4 rings (SSSR count). The van der Waals surface area contributed by atoms with Crippen molar-refractivity contribution in [3.05, 3.63) is 89.5 Å². The first kappa shape index (κ1) is 22.3. The van der Waals surface area contributed by atoms with E-state index in [-0.39, 0.29) is 35.2 Å². The Morgan fingerprint density at radius 1 is 1.10 bits per heavy atom. The van der Waals surface area contributed by atoms with Crippen molar-refractivity contribution in [3.8, 4) is 0 Å². The van der Waals surface area contributed by atoms with Gasteiger partial charge in [-0.1, -0.05) is 36.4 Å². The molecule has 2 aromatic carbocycles. The summed E-state index contributed by atoms with van der Waals surface area (Å²) < 4.78 is 15.5. The molecule has 0 radical (unpaired) electrons. The van der Waals surface area contributed by atoms with Gasteiger partial charge in [-0.3, -0.25) is 9.67 Å². The summed E-state index contributed by atoms with van der Waals surface area (Å²) >= 11 is 0. The predicted octanol–water partition coefficient (Wildman–Crippen LogP) is 4.09. The van der Waals surface area contributed by atoms with Crippen LogP contribution in [0.1, 0.15) is 29.5 Å². The Kier molecular flexibility index (Phi) is 7.47. The van der Waals surface area contributed by atoms with E-state index in [1.54, 1.807) is 25.4 Å². The van der Waals surface area contributed by atoms with Crippen LogP contribution in [-0.4, -0.2) is 29.3 Å². The van der Waals surface area contributed by atoms with Gasteiger partial charge in [-0.15, -0.1) is 24.0 Å². The first-order chi connectivity index (χ1) is 14.2. The molecule has 1 aromatic heterocycles. The van der Waals surface area contributed by atoms with E-state index in [0.29, 0.717) is 6.54 Å². The monoisotopic (exact) mass is 519 g/mol. The predicted molar refractivity (Wildman–Crippen MR) is 129 cm³/mol. The fraction of sp³-hybridized carbons (Fsp3) is 0.304. The minimum absolute atomic E-state index is 0. The lowest BCUT2D eigenvalue weighted by Crippen LogP contribution is -2.40. The highest BCUT2D eigenvalue weighted by atomic mass is 127. The number of hydrogen-bond acceptors (Lipinski definition) is 2. The van der Waals surface area contributed by atoms with Crippen molar-refractivity contribution >= 4 is 29.9 Å². The van der Waals surface area contributed by atoms with Gasteiger partial charge >= 0.3 is 0 Å². The second kappa shape index (κ2) is 10.1. The molecule has 0 bridgehead atoms. The van der Waals surface area contributed by atoms with Crippen LogP contribution in [0.4, 0.5) is 4.39 Å². The number of aromatic nitrogens is 2. The molecule has 30 heavy (non-hydrogen) atoms. The van der Waals surface area contributed by atoms with Gasteiger partial charge in [0.05, 0.1) is 6.54 Å². The average Bonchev–Trinajstić information content (AvgIpc) is 3.36. The van der Waals surface area contributed by atoms with Gasteiger partial charge < -0.3 is 10.6 Å². The zero-order chi connectivity index (χ0) is 20.1. The van der Waals surface area contributed by atoms with Crippen molar-refractivity contribution in [2.24, 2.45) is 4.99 Å². The molecular weight excluding hydrogens is 492 g/mol. The van der Waals surface area contributed by atoms with E-state index in [2.05, 4.69) is 45.0 Å². The van der Waals surface area contributed by atoms with E-state index in [0.717, 1.165) is 37.5 Å². The van der Waals surface area contributed by atoms with Gasteiger partial charge in [-0.05, 0) is 47.7 Å². The van der Waals surface area contributed by atoms with Crippen LogP contribution in [-0.2, 0) is 18.5 Å². The Morgan fingerprint density at radius 3 is 2.60 bits per heavy atom. The molecule has 1 aliphatic carbocycles. The number of rotatable bonds is 7. The van der Waals surface area contributed by atoms with Crippen LogP contribution in [0.3, 0.4) is 0 Å². The number of aliphatic imine (C=N–C) groups is 1. The average molecular weight is 519 g/mol. The van der Waals surface area contributed by atoms with Crippen molar-refractivity contribution in [3.63, 3.8) is 0 Å². The van der Waals surface area contributed by atoms with Crippen LogP contribution < -0.4 is 10.6 Å². The van der Waals surface area contributed by atoms with E-state index >= 15 is 0 Å². The van der Waals surface area contributed by atoms with Gasteiger partial charge in [0.1, 0.15) is 5.82 Å². The molecule has 1 heterocycles. The SMILES string of the molecule is CN=C(NCc1cccc(Cn2cccn2)c1)NCC1(c2cccc(F)c2)CC1.I. The summed E-state index contributed by atoms with van der Waals surface area (Å²) in [6.07, 6.45) is 5.88. The molecule has 158 valence electrons. The molecule has 7 heteroatoms. The molecule has 3 aromatic rings. The summed E-state index contributed by atoms with van der Waals surface area (Å²) in [4.78, 5) is 4.33. The highest BCUT2D eigenvalue weighted by Crippen LogP contribution is 2.47. The van der Waals surface area contributed by atoms with Gasteiger partial charge in [-0.25, -0.2) is 4.39 Å². The third-order valence-corrected chi connectivity index (χ3v) is 5.46. The zero-order valence-corrected chi connectivity index (χ0v) is 19.3.